The van der Waals surface area contributed by atoms with E-state index in [1.165, 1.54) is 12.1 Å². The van der Waals surface area contributed by atoms with E-state index >= 15 is 0 Å². The summed E-state index contributed by atoms with van der Waals surface area (Å²) in [7, 11) is 1.80. The number of carbonyl (C=O) groups excluding carboxylic acids is 2. The summed E-state index contributed by atoms with van der Waals surface area (Å²) in [5.41, 5.74) is 5.33. The lowest BCUT2D eigenvalue weighted by Gasteiger charge is -2.37. The zero-order valence-corrected chi connectivity index (χ0v) is 12.5. The van der Waals surface area contributed by atoms with Gasteiger partial charge in [-0.15, -0.1) is 0 Å². The van der Waals surface area contributed by atoms with Gasteiger partial charge in [-0.3, -0.25) is 14.5 Å². The number of rotatable bonds is 5. The quantitative estimate of drug-likeness (QED) is 0.844. The highest BCUT2D eigenvalue weighted by atomic mass is 19.1. The molecule has 120 valence electrons. The van der Waals surface area contributed by atoms with Gasteiger partial charge < -0.3 is 15.4 Å². The molecular weight excluding hydrogens is 289 g/mol. The third-order valence-corrected chi connectivity index (χ3v) is 3.74. The Labute approximate surface area is 128 Å². The molecule has 0 saturated carbocycles. The van der Waals surface area contributed by atoms with E-state index in [9.17, 15) is 14.0 Å². The molecule has 0 aromatic heterocycles. The van der Waals surface area contributed by atoms with Crippen LogP contribution in [-0.2, 0) is 9.59 Å². The molecule has 0 bridgehead atoms. The molecule has 2 rings (SSSR count). The van der Waals surface area contributed by atoms with Crippen LogP contribution in [0.2, 0.25) is 0 Å². The Hall–Kier alpha value is -2.15. The van der Waals surface area contributed by atoms with Crippen LogP contribution in [0.5, 0.6) is 5.75 Å². The molecule has 22 heavy (non-hydrogen) atoms. The Bertz CT molecular complexity index is 553. The lowest BCUT2D eigenvalue weighted by Crippen LogP contribution is -2.58. The smallest absolute Gasteiger partial charge is 0.236 e. The van der Waals surface area contributed by atoms with Crippen LogP contribution in [0, 0.1) is 5.82 Å². The van der Waals surface area contributed by atoms with E-state index in [0.29, 0.717) is 13.1 Å². The molecule has 1 aromatic rings. The Morgan fingerprint density at radius 2 is 2.09 bits per heavy atom. The summed E-state index contributed by atoms with van der Waals surface area (Å²) in [5.74, 6) is -0.898. The highest BCUT2D eigenvalue weighted by molar-refractivity contribution is 5.82. The highest BCUT2D eigenvalue weighted by Crippen LogP contribution is 2.16. The summed E-state index contributed by atoms with van der Waals surface area (Å²) in [4.78, 5) is 26.9. The average Bonchev–Trinajstić information content (AvgIpc) is 2.49. The largest absolute Gasteiger partial charge is 0.490 e. The second-order valence-electron chi connectivity index (χ2n) is 5.27. The predicted octanol–water partition coefficient (Wildman–Crippen LogP) is 0.222. The molecule has 1 saturated heterocycles. The van der Waals surface area contributed by atoms with Gasteiger partial charge in [-0.25, -0.2) is 4.39 Å². The lowest BCUT2D eigenvalue weighted by atomic mass is 10.1. The van der Waals surface area contributed by atoms with Gasteiger partial charge in [0.05, 0.1) is 13.0 Å². The van der Waals surface area contributed by atoms with E-state index in [-0.39, 0.29) is 31.2 Å². The van der Waals surface area contributed by atoms with Crippen molar-refractivity contribution in [3.63, 3.8) is 0 Å². The number of hydrogen-bond donors (Lipinski definition) is 1. The van der Waals surface area contributed by atoms with Gasteiger partial charge in [0.2, 0.25) is 11.8 Å². The molecule has 1 aliphatic heterocycles. The Balaban J connectivity index is 1.82. The van der Waals surface area contributed by atoms with Crippen molar-refractivity contribution in [2.24, 2.45) is 5.73 Å². The van der Waals surface area contributed by atoms with Gasteiger partial charge in [-0.05, 0) is 19.2 Å². The van der Waals surface area contributed by atoms with Crippen LogP contribution in [0.25, 0.3) is 0 Å². The maximum Gasteiger partial charge on any atom is 0.236 e. The van der Waals surface area contributed by atoms with Crippen molar-refractivity contribution >= 4 is 11.8 Å². The first-order valence-electron chi connectivity index (χ1n) is 7.13. The van der Waals surface area contributed by atoms with Crippen molar-refractivity contribution in [2.75, 3.05) is 33.3 Å². The number of benzene rings is 1. The Morgan fingerprint density at radius 3 is 2.77 bits per heavy atom. The third-order valence-electron chi connectivity index (χ3n) is 3.74. The number of hydrogen-bond acceptors (Lipinski definition) is 4. The first kappa shape index (κ1) is 16.2. The van der Waals surface area contributed by atoms with Gasteiger partial charge in [0.15, 0.2) is 11.6 Å². The van der Waals surface area contributed by atoms with Crippen molar-refractivity contribution in [1.82, 2.24) is 9.80 Å². The summed E-state index contributed by atoms with van der Waals surface area (Å²) >= 11 is 0. The van der Waals surface area contributed by atoms with Crippen LogP contribution in [0.15, 0.2) is 24.3 Å². The maximum atomic E-state index is 13.4. The first-order valence-corrected chi connectivity index (χ1v) is 7.13. The minimum Gasteiger partial charge on any atom is -0.490 e. The van der Waals surface area contributed by atoms with Crippen LogP contribution >= 0.6 is 0 Å². The fourth-order valence-corrected chi connectivity index (χ4v) is 2.38. The topological polar surface area (TPSA) is 75.9 Å². The molecule has 1 aliphatic rings. The first-order chi connectivity index (χ1) is 10.5. The van der Waals surface area contributed by atoms with Crippen LogP contribution in [0.1, 0.15) is 6.42 Å². The van der Waals surface area contributed by atoms with Crippen molar-refractivity contribution in [3.8, 4) is 5.75 Å². The second kappa shape index (κ2) is 7.22. The standard InChI is InChI=1S/C15H20FN3O3/c1-18-7-8-19(10-12(18)15(17)21)14(20)6-9-22-13-5-3-2-4-11(13)16/h2-5,12H,6-10H2,1H3,(H2,17,21). The SMILES string of the molecule is CN1CCN(C(=O)CCOc2ccccc2F)CC1C(N)=O. The van der Waals surface area contributed by atoms with E-state index < -0.39 is 17.8 Å². The predicted molar refractivity (Wildman–Crippen MR) is 78.7 cm³/mol. The van der Waals surface area contributed by atoms with Gasteiger partial charge in [0.25, 0.3) is 0 Å². The van der Waals surface area contributed by atoms with Crippen molar-refractivity contribution in [3.05, 3.63) is 30.1 Å². The molecule has 1 fully saturated rings. The van der Waals surface area contributed by atoms with Crippen molar-refractivity contribution in [2.45, 2.75) is 12.5 Å². The second-order valence-corrected chi connectivity index (χ2v) is 5.27. The molecule has 1 atom stereocenters. The highest BCUT2D eigenvalue weighted by Gasteiger charge is 2.30. The Morgan fingerprint density at radius 1 is 1.36 bits per heavy atom. The molecule has 2 N–H and O–H groups in total. The molecule has 0 radical (unpaired) electrons. The molecular formula is C15H20FN3O3. The van der Waals surface area contributed by atoms with Gasteiger partial charge in [-0.2, -0.15) is 0 Å². The van der Waals surface area contributed by atoms with E-state index in [1.54, 1.807) is 24.1 Å². The number of halogens is 1. The molecule has 6 nitrogen and oxygen atoms in total. The lowest BCUT2D eigenvalue weighted by molar-refractivity contribution is -0.137. The zero-order chi connectivity index (χ0) is 16.1. The Kier molecular flexibility index (Phi) is 5.32. The molecule has 2 amide bonds. The number of nitrogens with two attached hydrogens (primary N) is 1. The summed E-state index contributed by atoms with van der Waals surface area (Å²) in [6.07, 6.45) is 0.129. The fourth-order valence-electron chi connectivity index (χ4n) is 2.38. The zero-order valence-electron chi connectivity index (χ0n) is 12.5. The number of carbonyl (C=O) groups is 2. The monoisotopic (exact) mass is 309 g/mol. The summed E-state index contributed by atoms with van der Waals surface area (Å²) in [5, 5.41) is 0. The van der Waals surface area contributed by atoms with E-state index in [1.807, 2.05) is 4.90 Å². The number of nitrogens with zero attached hydrogens (tertiary/aromatic N) is 2. The molecule has 1 heterocycles. The summed E-state index contributed by atoms with van der Waals surface area (Å²) in [6.45, 7) is 1.50. The number of primary amides is 1. The number of para-hydroxylation sites is 1. The average molecular weight is 309 g/mol. The van der Waals surface area contributed by atoms with Crippen LogP contribution in [0.4, 0.5) is 4.39 Å². The number of amides is 2. The van der Waals surface area contributed by atoms with Crippen LogP contribution < -0.4 is 10.5 Å². The van der Waals surface area contributed by atoms with Gasteiger partial charge in [0, 0.05) is 19.6 Å². The maximum absolute atomic E-state index is 13.4. The molecule has 0 aliphatic carbocycles. The van der Waals surface area contributed by atoms with Gasteiger partial charge in [-0.1, -0.05) is 12.1 Å². The third kappa shape index (κ3) is 3.94. The van der Waals surface area contributed by atoms with Gasteiger partial charge >= 0.3 is 0 Å². The summed E-state index contributed by atoms with van der Waals surface area (Å²) in [6, 6.07) is 5.58. The van der Waals surface area contributed by atoms with Crippen LogP contribution in [-0.4, -0.2) is 60.9 Å². The van der Waals surface area contributed by atoms with E-state index in [4.69, 9.17) is 10.5 Å². The normalized spacial score (nSPS) is 19.0. The fraction of sp³-hybridized carbons (Fsp3) is 0.467. The number of piperazine rings is 1. The van der Waals surface area contributed by atoms with E-state index in [2.05, 4.69) is 0 Å². The minimum absolute atomic E-state index is 0.0906. The number of ether oxygens (including phenoxy) is 1. The van der Waals surface area contributed by atoms with Gasteiger partial charge in [0.1, 0.15) is 6.04 Å². The number of likely N-dealkylation sites (N-methyl/N-ethyl adjacent to an activating group) is 1. The van der Waals surface area contributed by atoms with E-state index in [0.717, 1.165) is 0 Å². The minimum atomic E-state index is -0.467. The molecule has 1 unspecified atom stereocenters. The molecule has 1 aromatic carbocycles. The van der Waals surface area contributed by atoms with Crippen LogP contribution in [0.3, 0.4) is 0 Å². The summed E-state index contributed by atoms with van der Waals surface area (Å²) < 4.78 is 18.6. The van der Waals surface area contributed by atoms with Crippen molar-refractivity contribution in [1.29, 1.82) is 0 Å². The molecule has 0 spiro atoms. The van der Waals surface area contributed by atoms with Crippen molar-refractivity contribution < 1.29 is 18.7 Å². The molecule has 7 heteroatoms.